The molecule has 1 nitrogen and oxygen atoms in total. The summed E-state index contributed by atoms with van der Waals surface area (Å²) < 4.78 is 0. The first-order valence-electron chi connectivity index (χ1n) is 4.21. The van der Waals surface area contributed by atoms with Gasteiger partial charge in [0.1, 0.15) is 0 Å². The summed E-state index contributed by atoms with van der Waals surface area (Å²) in [4.78, 5) is 0. The fourth-order valence-corrected chi connectivity index (χ4v) is 1.22. The number of hydrogen-bond donors (Lipinski definition) is 1. The Hall–Kier alpha value is 0.280. The van der Waals surface area contributed by atoms with E-state index in [1.807, 2.05) is 0 Å². The standard InChI is InChI=1S/C9H17Cl2N/c1-4-5-9(2,3)12-7-8(11)6-10/h6,12H,4-5,7H2,1-3H3. The minimum absolute atomic E-state index is 0.148. The van der Waals surface area contributed by atoms with Gasteiger partial charge >= 0.3 is 0 Å². The molecule has 0 atom stereocenters. The molecule has 12 heavy (non-hydrogen) atoms. The molecular formula is C9H17Cl2N. The minimum atomic E-state index is 0.148. The third-order valence-electron chi connectivity index (χ3n) is 1.73. The Balaban J connectivity index is 3.75. The summed E-state index contributed by atoms with van der Waals surface area (Å²) in [5.41, 5.74) is 1.55. The van der Waals surface area contributed by atoms with Crippen molar-refractivity contribution in [1.82, 2.24) is 5.32 Å². The molecule has 0 aromatic carbocycles. The SMILES string of the molecule is CCCC(C)(C)NCC(Cl)=CCl. The van der Waals surface area contributed by atoms with Crippen LogP contribution in [0.1, 0.15) is 33.6 Å². The first kappa shape index (κ1) is 12.3. The van der Waals surface area contributed by atoms with E-state index in [0.717, 1.165) is 6.42 Å². The van der Waals surface area contributed by atoms with Crippen molar-refractivity contribution in [3.63, 3.8) is 0 Å². The largest absolute Gasteiger partial charge is 0.307 e. The molecule has 0 aliphatic carbocycles. The molecule has 0 saturated carbocycles. The summed E-state index contributed by atoms with van der Waals surface area (Å²) in [6.07, 6.45) is 2.31. The molecule has 1 N–H and O–H groups in total. The van der Waals surface area contributed by atoms with Crippen LogP contribution < -0.4 is 5.32 Å². The highest BCUT2D eigenvalue weighted by Crippen LogP contribution is 2.12. The molecule has 0 aliphatic rings. The van der Waals surface area contributed by atoms with Gasteiger partial charge in [0.25, 0.3) is 0 Å². The molecule has 3 heteroatoms. The highest BCUT2D eigenvalue weighted by Gasteiger charge is 2.14. The average molecular weight is 210 g/mol. The van der Waals surface area contributed by atoms with E-state index >= 15 is 0 Å². The number of halogens is 2. The maximum Gasteiger partial charge on any atom is 0.0432 e. The second-order valence-corrected chi connectivity index (χ2v) is 4.25. The molecule has 0 aliphatic heterocycles. The summed E-state index contributed by atoms with van der Waals surface area (Å²) in [7, 11) is 0. The lowest BCUT2D eigenvalue weighted by molar-refractivity contribution is 0.374. The third kappa shape index (κ3) is 5.87. The van der Waals surface area contributed by atoms with Gasteiger partial charge in [0.2, 0.25) is 0 Å². The van der Waals surface area contributed by atoms with Gasteiger partial charge < -0.3 is 5.32 Å². The minimum Gasteiger partial charge on any atom is -0.307 e. The van der Waals surface area contributed by atoms with Gasteiger partial charge in [-0.25, -0.2) is 0 Å². The molecular weight excluding hydrogens is 193 g/mol. The highest BCUT2D eigenvalue weighted by atomic mass is 35.5. The van der Waals surface area contributed by atoms with Crippen LogP contribution in [-0.2, 0) is 0 Å². The van der Waals surface area contributed by atoms with E-state index < -0.39 is 0 Å². The molecule has 0 radical (unpaired) electrons. The number of hydrogen-bond acceptors (Lipinski definition) is 1. The predicted octanol–water partition coefficient (Wildman–Crippen LogP) is 3.47. The average Bonchev–Trinajstić information content (AvgIpc) is 2.00. The monoisotopic (exact) mass is 209 g/mol. The molecule has 0 heterocycles. The van der Waals surface area contributed by atoms with Crippen LogP contribution in [0.25, 0.3) is 0 Å². The van der Waals surface area contributed by atoms with Crippen molar-refractivity contribution in [2.45, 2.75) is 39.2 Å². The Morgan fingerprint density at radius 1 is 1.50 bits per heavy atom. The van der Waals surface area contributed by atoms with Gasteiger partial charge in [-0.2, -0.15) is 0 Å². The molecule has 0 bridgehead atoms. The van der Waals surface area contributed by atoms with Gasteiger partial charge in [0, 0.05) is 22.7 Å². The zero-order valence-corrected chi connectivity index (χ0v) is 9.47. The van der Waals surface area contributed by atoms with Crippen LogP contribution in [0.15, 0.2) is 10.6 Å². The van der Waals surface area contributed by atoms with Crippen molar-refractivity contribution in [3.05, 3.63) is 10.6 Å². The predicted molar refractivity (Wildman–Crippen MR) is 56.8 cm³/mol. The highest BCUT2D eigenvalue weighted by molar-refractivity contribution is 6.36. The molecule has 0 rings (SSSR count). The van der Waals surface area contributed by atoms with Gasteiger partial charge in [-0.05, 0) is 20.3 Å². The van der Waals surface area contributed by atoms with Crippen molar-refractivity contribution in [1.29, 1.82) is 0 Å². The molecule has 0 fully saturated rings. The fraction of sp³-hybridized carbons (Fsp3) is 0.778. The van der Waals surface area contributed by atoms with Crippen molar-refractivity contribution in [3.8, 4) is 0 Å². The van der Waals surface area contributed by atoms with Crippen LogP contribution in [-0.4, -0.2) is 12.1 Å². The van der Waals surface area contributed by atoms with Crippen LogP contribution >= 0.6 is 23.2 Å². The Bertz CT molecular complexity index is 153. The zero-order valence-electron chi connectivity index (χ0n) is 7.95. The van der Waals surface area contributed by atoms with Crippen LogP contribution in [0.4, 0.5) is 0 Å². The van der Waals surface area contributed by atoms with Gasteiger partial charge in [0.05, 0.1) is 0 Å². The second-order valence-electron chi connectivity index (χ2n) is 3.54. The molecule has 0 aromatic heterocycles. The summed E-state index contributed by atoms with van der Waals surface area (Å²) in [6.45, 7) is 7.14. The summed E-state index contributed by atoms with van der Waals surface area (Å²) in [5.74, 6) is 0. The molecule has 0 unspecified atom stereocenters. The third-order valence-corrected chi connectivity index (χ3v) is 2.35. The summed E-state index contributed by atoms with van der Waals surface area (Å²) in [5, 5.41) is 3.98. The molecule has 0 amide bonds. The van der Waals surface area contributed by atoms with E-state index in [4.69, 9.17) is 23.2 Å². The first-order chi connectivity index (χ1) is 5.52. The van der Waals surface area contributed by atoms with E-state index in [9.17, 15) is 0 Å². The summed E-state index contributed by atoms with van der Waals surface area (Å²) >= 11 is 11.2. The van der Waals surface area contributed by atoms with Crippen LogP contribution in [0.5, 0.6) is 0 Å². The zero-order chi connectivity index (χ0) is 9.61. The molecule has 0 aromatic rings. The van der Waals surface area contributed by atoms with E-state index in [2.05, 4.69) is 26.1 Å². The van der Waals surface area contributed by atoms with Crippen molar-refractivity contribution < 1.29 is 0 Å². The van der Waals surface area contributed by atoms with Gasteiger partial charge in [-0.1, -0.05) is 36.5 Å². The van der Waals surface area contributed by atoms with E-state index in [-0.39, 0.29) is 5.54 Å². The van der Waals surface area contributed by atoms with E-state index in [1.165, 1.54) is 12.0 Å². The smallest absolute Gasteiger partial charge is 0.0432 e. The maximum absolute atomic E-state index is 5.74. The Morgan fingerprint density at radius 3 is 2.50 bits per heavy atom. The number of nitrogens with one attached hydrogen (secondary N) is 1. The van der Waals surface area contributed by atoms with Gasteiger partial charge in [-0.15, -0.1) is 0 Å². The van der Waals surface area contributed by atoms with E-state index in [1.54, 1.807) is 0 Å². The molecule has 0 saturated heterocycles. The first-order valence-corrected chi connectivity index (χ1v) is 5.03. The van der Waals surface area contributed by atoms with Gasteiger partial charge in [-0.3, -0.25) is 0 Å². The van der Waals surface area contributed by atoms with Gasteiger partial charge in [0.15, 0.2) is 0 Å². The van der Waals surface area contributed by atoms with Crippen LogP contribution in [0.3, 0.4) is 0 Å². The lowest BCUT2D eigenvalue weighted by atomic mass is 9.99. The fourth-order valence-electron chi connectivity index (χ4n) is 1.08. The maximum atomic E-state index is 5.74. The van der Waals surface area contributed by atoms with Crippen LogP contribution in [0.2, 0.25) is 0 Å². The summed E-state index contributed by atoms with van der Waals surface area (Å²) in [6, 6.07) is 0. The van der Waals surface area contributed by atoms with Crippen molar-refractivity contribution in [2.24, 2.45) is 0 Å². The number of rotatable bonds is 5. The lowest BCUT2D eigenvalue weighted by Gasteiger charge is -2.25. The Kier molecular flexibility index (Phi) is 5.98. The van der Waals surface area contributed by atoms with Crippen molar-refractivity contribution in [2.75, 3.05) is 6.54 Å². The molecule has 0 spiro atoms. The lowest BCUT2D eigenvalue weighted by Crippen LogP contribution is -2.39. The van der Waals surface area contributed by atoms with E-state index in [0.29, 0.717) is 11.6 Å². The normalized spacial score (nSPS) is 13.6. The Morgan fingerprint density at radius 2 is 2.08 bits per heavy atom. The van der Waals surface area contributed by atoms with Crippen molar-refractivity contribution >= 4 is 23.2 Å². The van der Waals surface area contributed by atoms with Crippen LogP contribution in [0, 0.1) is 0 Å². The second kappa shape index (κ2) is 5.85. The molecule has 72 valence electrons. The topological polar surface area (TPSA) is 12.0 Å². The quantitative estimate of drug-likeness (QED) is 0.732. The Labute approximate surface area is 85.1 Å².